The van der Waals surface area contributed by atoms with E-state index >= 15 is 0 Å². The number of carbonyl (C=O) groups is 2. The maximum Gasteiger partial charge on any atom is 0.254 e. The second kappa shape index (κ2) is 10.6. The van der Waals surface area contributed by atoms with E-state index in [1.807, 2.05) is 13.8 Å². The van der Waals surface area contributed by atoms with Gasteiger partial charge in [0.25, 0.3) is 5.91 Å². The lowest BCUT2D eigenvalue weighted by Gasteiger charge is -2.18. The van der Waals surface area contributed by atoms with E-state index in [9.17, 15) is 9.59 Å². The number of likely N-dealkylation sites (N-methyl/N-ethyl adjacent to an activating group) is 1. The average Bonchev–Trinajstić information content (AvgIpc) is 2.66. The van der Waals surface area contributed by atoms with Gasteiger partial charge in [0.15, 0.2) is 11.5 Å². The first-order chi connectivity index (χ1) is 13.4. The molecule has 2 aromatic rings. The van der Waals surface area contributed by atoms with Gasteiger partial charge < -0.3 is 19.7 Å². The largest absolute Gasteiger partial charge is 0.490 e. The molecule has 0 bridgehead atoms. The number of amides is 2. The summed E-state index contributed by atoms with van der Waals surface area (Å²) in [5.74, 6) is 0.510. The summed E-state index contributed by atoms with van der Waals surface area (Å²) in [4.78, 5) is 26.3. The Balaban J connectivity index is 2.04. The first kappa shape index (κ1) is 21.6. The first-order valence-electron chi connectivity index (χ1n) is 9.15. The van der Waals surface area contributed by atoms with Crippen molar-refractivity contribution in [1.82, 2.24) is 4.90 Å². The van der Waals surface area contributed by atoms with Crippen LogP contribution in [-0.4, -0.2) is 43.5 Å². The zero-order valence-corrected chi connectivity index (χ0v) is 17.1. The van der Waals surface area contributed by atoms with Crippen LogP contribution in [0.5, 0.6) is 11.5 Å². The van der Waals surface area contributed by atoms with Gasteiger partial charge in [-0.2, -0.15) is 0 Å². The minimum atomic E-state index is -0.314. The highest BCUT2D eigenvalue weighted by molar-refractivity contribution is 6.30. The van der Waals surface area contributed by atoms with Gasteiger partial charge in [0.2, 0.25) is 5.91 Å². The number of hydrogen-bond acceptors (Lipinski definition) is 4. The van der Waals surface area contributed by atoms with Crippen molar-refractivity contribution >= 4 is 29.1 Å². The molecule has 0 aliphatic rings. The molecule has 0 aliphatic carbocycles. The van der Waals surface area contributed by atoms with Gasteiger partial charge in [0.05, 0.1) is 19.8 Å². The molecule has 2 aromatic carbocycles. The molecule has 0 saturated heterocycles. The van der Waals surface area contributed by atoms with Crippen molar-refractivity contribution in [2.45, 2.75) is 20.3 Å². The van der Waals surface area contributed by atoms with Crippen LogP contribution in [-0.2, 0) is 4.79 Å². The normalized spacial score (nSPS) is 10.3. The fourth-order valence-electron chi connectivity index (χ4n) is 2.52. The number of halogens is 1. The van der Waals surface area contributed by atoms with Crippen LogP contribution in [0.25, 0.3) is 0 Å². The Morgan fingerprint density at radius 3 is 2.54 bits per heavy atom. The van der Waals surface area contributed by atoms with Gasteiger partial charge in [-0.05, 0) is 49.7 Å². The maximum atomic E-state index is 12.7. The highest BCUT2D eigenvalue weighted by Gasteiger charge is 2.17. The van der Waals surface area contributed by atoms with Crippen LogP contribution in [0.4, 0.5) is 5.69 Å². The second-order valence-corrected chi connectivity index (χ2v) is 6.60. The third kappa shape index (κ3) is 6.16. The van der Waals surface area contributed by atoms with E-state index in [-0.39, 0.29) is 18.4 Å². The quantitative estimate of drug-likeness (QED) is 0.678. The number of nitrogens with one attached hydrogen (secondary N) is 1. The molecule has 0 saturated carbocycles. The van der Waals surface area contributed by atoms with Crippen molar-refractivity contribution in [3.05, 3.63) is 53.1 Å². The molecule has 6 nitrogen and oxygen atoms in total. The van der Waals surface area contributed by atoms with Crippen LogP contribution in [0.15, 0.2) is 42.5 Å². The third-order valence-electron chi connectivity index (χ3n) is 3.79. The Morgan fingerprint density at radius 2 is 1.86 bits per heavy atom. The van der Waals surface area contributed by atoms with Crippen LogP contribution in [0.2, 0.25) is 5.02 Å². The molecule has 0 aliphatic heterocycles. The Labute approximate surface area is 170 Å². The average molecular weight is 405 g/mol. The minimum absolute atomic E-state index is 0.0938. The molecule has 0 heterocycles. The molecule has 2 rings (SSSR count). The van der Waals surface area contributed by atoms with Gasteiger partial charge in [0.1, 0.15) is 0 Å². The SMILES string of the molecule is CCCOc1ccc(C(=O)N(C)CC(=O)Nc2cccc(Cl)c2)cc1OCC. The van der Waals surface area contributed by atoms with Gasteiger partial charge in [-0.15, -0.1) is 0 Å². The second-order valence-electron chi connectivity index (χ2n) is 6.16. The van der Waals surface area contributed by atoms with Crippen LogP contribution in [0.1, 0.15) is 30.6 Å². The first-order valence-corrected chi connectivity index (χ1v) is 9.53. The molecule has 28 heavy (non-hydrogen) atoms. The number of benzene rings is 2. The summed E-state index contributed by atoms with van der Waals surface area (Å²) >= 11 is 5.91. The predicted molar refractivity (Wildman–Crippen MR) is 110 cm³/mol. The molecule has 0 aromatic heterocycles. The van der Waals surface area contributed by atoms with E-state index in [4.69, 9.17) is 21.1 Å². The van der Waals surface area contributed by atoms with Crippen molar-refractivity contribution in [2.24, 2.45) is 0 Å². The van der Waals surface area contributed by atoms with Gasteiger partial charge in [-0.3, -0.25) is 9.59 Å². The molecule has 150 valence electrons. The smallest absolute Gasteiger partial charge is 0.254 e. The molecule has 0 atom stereocenters. The number of carbonyl (C=O) groups excluding carboxylic acids is 2. The Hall–Kier alpha value is -2.73. The summed E-state index contributed by atoms with van der Waals surface area (Å²) in [6.45, 7) is 4.81. The summed E-state index contributed by atoms with van der Waals surface area (Å²) in [5, 5.41) is 3.25. The number of anilines is 1. The topological polar surface area (TPSA) is 67.9 Å². The molecule has 7 heteroatoms. The van der Waals surface area contributed by atoms with Gasteiger partial charge in [-0.25, -0.2) is 0 Å². The fraction of sp³-hybridized carbons (Fsp3) is 0.333. The molecule has 0 unspecified atom stereocenters. The lowest BCUT2D eigenvalue weighted by Crippen LogP contribution is -2.34. The van der Waals surface area contributed by atoms with Crippen LogP contribution in [0.3, 0.4) is 0 Å². The van der Waals surface area contributed by atoms with Crippen molar-refractivity contribution in [1.29, 1.82) is 0 Å². The molecule has 1 N–H and O–H groups in total. The zero-order chi connectivity index (χ0) is 20.5. The van der Waals surface area contributed by atoms with Gasteiger partial charge in [0, 0.05) is 23.3 Å². The van der Waals surface area contributed by atoms with Crippen LogP contribution < -0.4 is 14.8 Å². The van der Waals surface area contributed by atoms with Gasteiger partial charge in [-0.1, -0.05) is 24.6 Å². The van der Waals surface area contributed by atoms with E-state index in [1.54, 1.807) is 49.5 Å². The number of hydrogen-bond donors (Lipinski definition) is 1. The van der Waals surface area contributed by atoms with Crippen molar-refractivity contribution in [3.8, 4) is 11.5 Å². The van der Waals surface area contributed by atoms with E-state index in [2.05, 4.69) is 5.32 Å². The van der Waals surface area contributed by atoms with Crippen molar-refractivity contribution in [2.75, 3.05) is 32.1 Å². The lowest BCUT2D eigenvalue weighted by atomic mass is 10.1. The van der Waals surface area contributed by atoms with E-state index in [0.29, 0.717) is 41.0 Å². The number of nitrogens with zero attached hydrogens (tertiary/aromatic N) is 1. The molecular formula is C21H25ClN2O4. The zero-order valence-electron chi connectivity index (χ0n) is 16.3. The van der Waals surface area contributed by atoms with E-state index in [1.165, 1.54) is 4.90 Å². The highest BCUT2D eigenvalue weighted by atomic mass is 35.5. The van der Waals surface area contributed by atoms with Crippen LogP contribution in [0, 0.1) is 0 Å². The van der Waals surface area contributed by atoms with E-state index < -0.39 is 0 Å². The Bertz CT molecular complexity index is 826. The van der Waals surface area contributed by atoms with E-state index in [0.717, 1.165) is 6.42 Å². The molecule has 0 radical (unpaired) electrons. The Kier molecular flexibility index (Phi) is 8.14. The highest BCUT2D eigenvalue weighted by Crippen LogP contribution is 2.29. The van der Waals surface area contributed by atoms with Crippen molar-refractivity contribution in [3.63, 3.8) is 0 Å². The minimum Gasteiger partial charge on any atom is -0.490 e. The van der Waals surface area contributed by atoms with Crippen LogP contribution >= 0.6 is 11.6 Å². The lowest BCUT2D eigenvalue weighted by molar-refractivity contribution is -0.116. The van der Waals surface area contributed by atoms with Gasteiger partial charge >= 0.3 is 0 Å². The monoisotopic (exact) mass is 404 g/mol. The maximum absolute atomic E-state index is 12.7. The summed E-state index contributed by atoms with van der Waals surface area (Å²) < 4.78 is 11.2. The fourth-order valence-corrected chi connectivity index (χ4v) is 2.71. The summed E-state index contributed by atoms with van der Waals surface area (Å²) in [5.41, 5.74) is 1.000. The predicted octanol–water partition coefficient (Wildman–Crippen LogP) is 4.24. The Morgan fingerprint density at radius 1 is 1.07 bits per heavy atom. The molecular weight excluding hydrogens is 380 g/mol. The molecule has 0 spiro atoms. The standard InChI is InChI=1S/C21H25ClN2O4/c1-4-11-28-18-10-9-15(12-19(18)27-5-2)21(26)24(3)14-20(25)23-17-8-6-7-16(22)13-17/h6-10,12-13H,4-5,11,14H2,1-3H3,(H,23,25). The number of ether oxygens (including phenoxy) is 2. The summed E-state index contributed by atoms with van der Waals surface area (Å²) in [7, 11) is 1.57. The number of rotatable bonds is 9. The summed E-state index contributed by atoms with van der Waals surface area (Å²) in [6, 6.07) is 11.9. The summed E-state index contributed by atoms with van der Waals surface area (Å²) in [6.07, 6.45) is 0.872. The molecule has 0 fully saturated rings. The van der Waals surface area contributed by atoms with Crippen molar-refractivity contribution < 1.29 is 19.1 Å². The molecule has 2 amide bonds. The third-order valence-corrected chi connectivity index (χ3v) is 4.02.